The van der Waals surface area contributed by atoms with E-state index in [2.05, 4.69) is 20.9 Å². The Hall–Kier alpha value is -2.87. The van der Waals surface area contributed by atoms with Gasteiger partial charge in [-0.2, -0.15) is 5.10 Å². The maximum atomic E-state index is 12.4. The molecule has 8 nitrogen and oxygen atoms in total. The van der Waals surface area contributed by atoms with Crippen LogP contribution in [0.15, 0.2) is 29.1 Å². The summed E-state index contributed by atoms with van der Waals surface area (Å²) < 4.78 is 1.83. The number of amides is 2. The van der Waals surface area contributed by atoms with Gasteiger partial charge in [0.2, 0.25) is 0 Å². The lowest BCUT2D eigenvalue weighted by Gasteiger charge is -2.23. The highest BCUT2D eigenvalue weighted by Gasteiger charge is 2.21. The van der Waals surface area contributed by atoms with E-state index < -0.39 is 0 Å². The lowest BCUT2D eigenvalue weighted by Crippen LogP contribution is -2.34. The van der Waals surface area contributed by atoms with Gasteiger partial charge in [-0.15, -0.1) is 0 Å². The van der Waals surface area contributed by atoms with Crippen molar-refractivity contribution in [2.24, 2.45) is 0 Å². The molecule has 2 amide bonds. The van der Waals surface area contributed by atoms with E-state index in [1.165, 1.54) is 0 Å². The zero-order valence-corrected chi connectivity index (χ0v) is 15.5. The average Bonchev–Trinajstić information content (AvgIpc) is 3.00. The van der Waals surface area contributed by atoms with Crippen molar-refractivity contribution < 1.29 is 4.79 Å². The third-order valence-electron chi connectivity index (χ3n) is 4.89. The van der Waals surface area contributed by atoms with Crippen LogP contribution in [0.25, 0.3) is 16.6 Å². The second-order valence-electron chi connectivity index (χ2n) is 7.30. The van der Waals surface area contributed by atoms with Crippen LogP contribution in [0.4, 0.5) is 10.5 Å². The first-order valence-corrected chi connectivity index (χ1v) is 9.36. The summed E-state index contributed by atoms with van der Waals surface area (Å²) in [4.78, 5) is 27.4. The van der Waals surface area contributed by atoms with Gasteiger partial charge in [-0.3, -0.25) is 4.79 Å². The van der Waals surface area contributed by atoms with Crippen LogP contribution >= 0.6 is 0 Å². The van der Waals surface area contributed by atoms with Gasteiger partial charge >= 0.3 is 6.03 Å². The molecule has 0 spiro atoms. The quantitative estimate of drug-likeness (QED) is 0.569. The molecule has 1 saturated heterocycles. The molecular formula is C19H24N6O2. The molecule has 1 fully saturated rings. The summed E-state index contributed by atoms with van der Waals surface area (Å²) in [6, 6.07) is 6.95. The largest absolute Gasteiger partial charge is 0.336 e. The molecular weight excluding hydrogens is 344 g/mol. The first-order valence-electron chi connectivity index (χ1n) is 9.36. The highest BCUT2D eigenvalue weighted by Crippen LogP contribution is 2.30. The van der Waals surface area contributed by atoms with Crippen LogP contribution in [0.2, 0.25) is 0 Å². The van der Waals surface area contributed by atoms with Crippen LogP contribution in [-0.4, -0.2) is 39.8 Å². The molecule has 8 heteroatoms. The summed E-state index contributed by atoms with van der Waals surface area (Å²) in [5.41, 5.74) is 2.74. The molecule has 0 aliphatic carbocycles. The molecule has 0 radical (unpaired) electrons. The topological polar surface area (TPSA) is 103 Å². The molecule has 0 saturated carbocycles. The number of urea groups is 1. The zero-order chi connectivity index (χ0) is 19.0. The van der Waals surface area contributed by atoms with E-state index >= 15 is 0 Å². The maximum Gasteiger partial charge on any atom is 0.319 e. The number of piperidine rings is 1. The number of carbonyl (C=O) groups excluding carboxylic acids is 1. The monoisotopic (exact) mass is 368 g/mol. The Bertz CT molecular complexity index is 1050. The highest BCUT2D eigenvalue weighted by atomic mass is 16.2. The van der Waals surface area contributed by atoms with Gasteiger partial charge in [-0.05, 0) is 51.9 Å². The van der Waals surface area contributed by atoms with Crippen LogP contribution < -0.4 is 21.5 Å². The zero-order valence-electron chi connectivity index (χ0n) is 15.5. The fraction of sp³-hybridized carbons (Fsp3) is 0.421. The third-order valence-corrected chi connectivity index (χ3v) is 4.89. The van der Waals surface area contributed by atoms with Crippen molar-refractivity contribution >= 4 is 28.3 Å². The van der Waals surface area contributed by atoms with Crippen molar-refractivity contribution in [3.63, 3.8) is 0 Å². The summed E-state index contributed by atoms with van der Waals surface area (Å²) in [5, 5.41) is 14.5. The minimum Gasteiger partial charge on any atom is -0.336 e. The normalized spacial score (nSPS) is 15.5. The number of rotatable bonds is 3. The van der Waals surface area contributed by atoms with Gasteiger partial charge < -0.3 is 20.9 Å². The lowest BCUT2D eigenvalue weighted by atomic mass is 9.94. The summed E-state index contributed by atoms with van der Waals surface area (Å²) >= 11 is 0. The number of hydrogen-bond donors (Lipinski definition) is 4. The van der Waals surface area contributed by atoms with Crippen LogP contribution in [0, 0.1) is 0 Å². The Morgan fingerprint density at radius 2 is 2.07 bits per heavy atom. The first-order chi connectivity index (χ1) is 13.0. The summed E-state index contributed by atoms with van der Waals surface area (Å²) in [5.74, 6) is 0.283. The Morgan fingerprint density at radius 3 is 2.81 bits per heavy atom. The molecule has 4 rings (SSSR count). The van der Waals surface area contributed by atoms with E-state index in [-0.39, 0.29) is 23.6 Å². The Balaban J connectivity index is 1.85. The number of hydrogen-bond acceptors (Lipinski definition) is 4. The molecule has 1 aromatic carbocycles. The number of H-pyrrole nitrogens is 1. The molecule has 4 N–H and O–H groups in total. The van der Waals surface area contributed by atoms with Crippen molar-refractivity contribution in [2.45, 2.75) is 38.6 Å². The van der Waals surface area contributed by atoms with Crippen molar-refractivity contribution in [3.8, 4) is 0 Å². The molecule has 142 valence electrons. The van der Waals surface area contributed by atoms with Gasteiger partial charge in [-0.1, -0.05) is 6.07 Å². The predicted molar refractivity (Wildman–Crippen MR) is 105 cm³/mol. The smallest absolute Gasteiger partial charge is 0.319 e. The molecule has 27 heavy (non-hydrogen) atoms. The number of nitrogens with zero attached hydrogens (tertiary/aromatic N) is 2. The predicted octanol–water partition coefficient (Wildman–Crippen LogP) is 2.17. The van der Waals surface area contributed by atoms with E-state index in [9.17, 15) is 9.59 Å². The molecule has 2 aromatic heterocycles. The van der Waals surface area contributed by atoms with Gasteiger partial charge in [-0.25, -0.2) is 9.31 Å². The number of aromatic amines is 1. The number of carbonyl (C=O) groups is 1. The second kappa shape index (κ2) is 7.03. The van der Waals surface area contributed by atoms with Gasteiger partial charge in [0, 0.05) is 18.0 Å². The van der Waals surface area contributed by atoms with Gasteiger partial charge in [0.1, 0.15) is 5.65 Å². The molecule has 1 aliphatic rings. The molecule has 1 aliphatic heterocycles. The van der Waals surface area contributed by atoms with Crippen LogP contribution in [-0.2, 0) is 0 Å². The van der Waals surface area contributed by atoms with Crippen LogP contribution in [0.5, 0.6) is 0 Å². The minimum atomic E-state index is -0.284. The van der Waals surface area contributed by atoms with E-state index in [0.29, 0.717) is 11.3 Å². The lowest BCUT2D eigenvalue weighted by molar-refractivity contribution is 0.250. The van der Waals surface area contributed by atoms with Crippen molar-refractivity contribution in [2.75, 3.05) is 18.4 Å². The molecule has 0 bridgehead atoms. The molecule has 3 heterocycles. The Kier molecular flexibility index (Phi) is 4.57. The van der Waals surface area contributed by atoms with Gasteiger partial charge in [0.05, 0.1) is 22.3 Å². The van der Waals surface area contributed by atoms with Crippen LogP contribution in [0.1, 0.15) is 38.3 Å². The Labute approximate surface area is 156 Å². The van der Waals surface area contributed by atoms with Crippen molar-refractivity contribution in [1.82, 2.24) is 25.2 Å². The van der Waals surface area contributed by atoms with Crippen molar-refractivity contribution in [3.05, 3.63) is 40.3 Å². The Morgan fingerprint density at radius 1 is 1.30 bits per heavy atom. The standard InChI is InChI=1S/C19H24N6O2/c1-11(2)21-19(27)22-13-4-3-5-14-17(13)18-23-16(26)10-15(25(18)24-14)12-6-8-20-9-7-12/h3-5,10-12,20H,6-9H2,1-2H3,(H,23,26)(H2,21,22,27). The highest BCUT2D eigenvalue weighted by molar-refractivity contribution is 6.07. The average molecular weight is 368 g/mol. The fourth-order valence-electron chi connectivity index (χ4n) is 3.72. The minimum absolute atomic E-state index is 0.0273. The van der Waals surface area contributed by atoms with Gasteiger partial charge in [0.25, 0.3) is 5.56 Å². The van der Waals surface area contributed by atoms with Gasteiger partial charge in [0.15, 0.2) is 0 Å². The second-order valence-corrected chi connectivity index (χ2v) is 7.30. The number of anilines is 1. The fourth-order valence-corrected chi connectivity index (χ4v) is 3.72. The molecule has 3 aromatic rings. The third kappa shape index (κ3) is 3.40. The van der Waals surface area contributed by atoms with E-state index in [4.69, 9.17) is 5.10 Å². The SMILES string of the molecule is CC(C)NC(=O)Nc1cccc2nn3c(C4CCNCC4)cc(=O)[nH]c3c12. The number of nitrogens with one attached hydrogen (secondary N) is 4. The summed E-state index contributed by atoms with van der Waals surface area (Å²) in [7, 11) is 0. The number of benzene rings is 1. The van der Waals surface area contributed by atoms with E-state index in [1.54, 1.807) is 6.07 Å². The molecule has 0 atom stereocenters. The maximum absolute atomic E-state index is 12.4. The number of aromatic nitrogens is 3. The van der Waals surface area contributed by atoms with Crippen molar-refractivity contribution in [1.29, 1.82) is 0 Å². The summed E-state index contributed by atoms with van der Waals surface area (Å²) in [6.45, 7) is 5.67. The van der Waals surface area contributed by atoms with Crippen LogP contribution in [0.3, 0.4) is 0 Å². The summed E-state index contributed by atoms with van der Waals surface area (Å²) in [6.07, 6.45) is 1.94. The molecule has 0 unspecified atom stereocenters. The first kappa shape index (κ1) is 17.5. The number of fused-ring (bicyclic) bond motifs is 3. The van der Waals surface area contributed by atoms with E-state index in [1.807, 2.05) is 36.6 Å². The van der Waals surface area contributed by atoms with E-state index in [0.717, 1.165) is 42.5 Å².